The highest BCUT2D eigenvalue weighted by Crippen LogP contribution is 2.26. The fraction of sp³-hybridized carbons (Fsp3) is 0.150. The number of non-ortho nitro benzene ring substituents is 1. The molecule has 1 aromatic heterocycles. The highest BCUT2D eigenvalue weighted by atomic mass is 35.5. The van der Waals surface area contributed by atoms with Gasteiger partial charge in [-0.2, -0.15) is 0 Å². The lowest BCUT2D eigenvalue weighted by Gasteiger charge is -2.07. The summed E-state index contributed by atoms with van der Waals surface area (Å²) in [7, 11) is 1.38. The second kappa shape index (κ2) is 8.66. The number of carbonyl (C=O) groups is 1. The van der Waals surface area contributed by atoms with E-state index in [2.05, 4.69) is 5.32 Å². The molecule has 0 aliphatic heterocycles. The minimum absolute atomic E-state index is 0.0429. The van der Waals surface area contributed by atoms with Gasteiger partial charge in [-0.1, -0.05) is 11.6 Å². The molecule has 0 spiro atoms. The maximum Gasteiger partial charge on any atom is 0.291 e. The molecule has 0 bridgehead atoms. The number of rotatable bonds is 7. The van der Waals surface area contributed by atoms with Crippen LogP contribution >= 0.6 is 11.6 Å². The number of hydrogen-bond donors (Lipinski definition) is 1. The average molecular weight is 417 g/mol. The number of methoxy groups -OCH3 is 1. The predicted octanol–water partition coefficient (Wildman–Crippen LogP) is 4.99. The number of ether oxygens (including phenoxy) is 2. The van der Waals surface area contributed by atoms with E-state index in [0.29, 0.717) is 16.5 Å². The molecule has 3 aromatic rings. The summed E-state index contributed by atoms with van der Waals surface area (Å²) in [5.41, 5.74) is 0.898. The van der Waals surface area contributed by atoms with E-state index in [9.17, 15) is 14.9 Å². The molecule has 0 atom stereocenters. The Bertz CT molecular complexity index is 1060. The van der Waals surface area contributed by atoms with Gasteiger partial charge in [0.25, 0.3) is 11.6 Å². The third-order valence-electron chi connectivity index (χ3n) is 3.99. The number of furan rings is 1. The first kappa shape index (κ1) is 20.2. The molecule has 0 saturated heterocycles. The number of nitrogens with zero attached hydrogens (tertiary/aromatic N) is 1. The van der Waals surface area contributed by atoms with E-state index in [1.54, 1.807) is 24.3 Å². The first-order chi connectivity index (χ1) is 13.9. The summed E-state index contributed by atoms with van der Waals surface area (Å²) in [5.74, 6) is 0.807. The van der Waals surface area contributed by atoms with Crippen LogP contribution in [0.25, 0.3) is 0 Å². The zero-order chi connectivity index (χ0) is 21.0. The standard InChI is InChI=1S/C20H17ClN2O6/c1-12-7-15(3-5-18(12)21)28-11-16-4-6-19(29-16)20(24)22-13-8-14(23(25)26)10-17(9-13)27-2/h3-10H,11H2,1-2H3,(H,22,24). The molecule has 0 aliphatic carbocycles. The molecule has 0 fully saturated rings. The quantitative estimate of drug-likeness (QED) is 0.429. The molecule has 1 amide bonds. The number of amides is 1. The van der Waals surface area contributed by atoms with Crippen LogP contribution in [0.15, 0.2) is 52.9 Å². The third kappa shape index (κ3) is 5.05. The number of benzene rings is 2. The van der Waals surface area contributed by atoms with Gasteiger partial charge in [-0.3, -0.25) is 14.9 Å². The molecule has 1 N–H and O–H groups in total. The van der Waals surface area contributed by atoms with Crippen molar-refractivity contribution < 1.29 is 23.6 Å². The second-order valence-corrected chi connectivity index (χ2v) is 6.50. The lowest BCUT2D eigenvalue weighted by Crippen LogP contribution is -2.11. The fourth-order valence-electron chi connectivity index (χ4n) is 2.51. The Hall–Kier alpha value is -3.52. The van der Waals surface area contributed by atoms with Crippen LogP contribution in [0.5, 0.6) is 11.5 Å². The van der Waals surface area contributed by atoms with Crippen molar-refractivity contribution in [2.45, 2.75) is 13.5 Å². The monoisotopic (exact) mass is 416 g/mol. The molecule has 29 heavy (non-hydrogen) atoms. The van der Waals surface area contributed by atoms with E-state index >= 15 is 0 Å². The molecule has 2 aromatic carbocycles. The molecular weight excluding hydrogens is 400 g/mol. The molecule has 0 radical (unpaired) electrons. The smallest absolute Gasteiger partial charge is 0.291 e. The van der Waals surface area contributed by atoms with E-state index in [1.165, 1.54) is 31.4 Å². The molecule has 8 nitrogen and oxygen atoms in total. The Labute approximate surface area is 171 Å². The lowest BCUT2D eigenvalue weighted by molar-refractivity contribution is -0.384. The normalized spacial score (nSPS) is 10.4. The van der Waals surface area contributed by atoms with Gasteiger partial charge in [-0.05, 0) is 42.8 Å². The van der Waals surface area contributed by atoms with Crippen molar-refractivity contribution in [3.63, 3.8) is 0 Å². The highest BCUT2D eigenvalue weighted by molar-refractivity contribution is 6.31. The van der Waals surface area contributed by atoms with Gasteiger partial charge >= 0.3 is 0 Å². The largest absolute Gasteiger partial charge is 0.496 e. The lowest BCUT2D eigenvalue weighted by atomic mass is 10.2. The number of halogens is 1. The Kier molecular flexibility index (Phi) is 6.04. The van der Waals surface area contributed by atoms with Crippen LogP contribution in [-0.2, 0) is 6.61 Å². The van der Waals surface area contributed by atoms with Crippen LogP contribution in [-0.4, -0.2) is 17.9 Å². The first-order valence-corrected chi connectivity index (χ1v) is 8.86. The van der Waals surface area contributed by atoms with Crippen LogP contribution < -0.4 is 14.8 Å². The van der Waals surface area contributed by atoms with E-state index in [1.807, 2.05) is 6.92 Å². The summed E-state index contributed by atoms with van der Waals surface area (Å²) >= 11 is 5.98. The van der Waals surface area contributed by atoms with Gasteiger partial charge in [-0.15, -0.1) is 0 Å². The molecule has 1 heterocycles. The van der Waals surface area contributed by atoms with Crippen LogP contribution in [0.1, 0.15) is 21.9 Å². The maximum atomic E-state index is 12.4. The first-order valence-electron chi connectivity index (χ1n) is 8.48. The van der Waals surface area contributed by atoms with E-state index in [0.717, 1.165) is 5.56 Å². The number of nitro groups is 1. The van der Waals surface area contributed by atoms with Gasteiger partial charge < -0.3 is 19.2 Å². The Morgan fingerprint density at radius 1 is 1.17 bits per heavy atom. The van der Waals surface area contributed by atoms with Gasteiger partial charge in [0.05, 0.1) is 23.8 Å². The zero-order valence-electron chi connectivity index (χ0n) is 15.6. The van der Waals surface area contributed by atoms with Crippen molar-refractivity contribution in [1.29, 1.82) is 0 Å². The summed E-state index contributed by atoms with van der Waals surface area (Å²) in [5, 5.41) is 14.2. The number of hydrogen-bond acceptors (Lipinski definition) is 6. The van der Waals surface area contributed by atoms with Crippen LogP contribution in [0.2, 0.25) is 5.02 Å². The maximum absolute atomic E-state index is 12.4. The zero-order valence-corrected chi connectivity index (χ0v) is 16.4. The van der Waals surface area contributed by atoms with Crippen LogP contribution in [0.3, 0.4) is 0 Å². The highest BCUT2D eigenvalue weighted by Gasteiger charge is 2.16. The molecular formula is C20H17ClN2O6. The van der Waals surface area contributed by atoms with E-state index < -0.39 is 10.8 Å². The SMILES string of the molecule is COc1cc(NC(=O)c2ccc(COc3ccc(Cl)c(C)c3)o2)cc([N+](=O)[O-])c1. The topological polar surface area (TPSA) is 104 Å². The summed E-state index contributed by atoms with van der Waals surface area (Å²) < 4.78 is 16.2. The minimum atomic E-state index is -0.570. The summed E-state index contributed by atoms with van der Waals surface area (Å²) in [6, 6.07) is 12.4. The van der Waals surface area contributed by atoms with Crippen molar-refractivity contribution in [3.05, 3.63) is 80.8 Å². The van der Waals surface area contributed by atoms with Crippen molar-refractivity contribution in [3.8, 4) is 11.5 Å². The van der Waals surface area contributed by atoms with Gasteiger partial charge in [0.15, 0.2) is 5.76 Å². The molecule has 9 heteroatoms. The van der Waals surface area contributed by atoms with Crippen molar-refractivity contribution in [2.75, 3.05) is 12.4 Å². The van der Waals surface area contributed by atoms with Crippen molar-refractivity contribution in [1.82, 2.24) is 0 Å². The van der Waals surface area contributed by atoms with E-state index in [4.69, 9.17) is 25.5 Å². The Balaban J connectivity index is 1.67. The number of anilines is 1. The van der Waals surface area contributed by atoms with Gasteiger partial charge in [0.2, 0.25) is 0 Å². The van der Waals surface area contributed by atoms with E-state index in [-0.39, 0.29) is 29.5 Å². The van der Waals surface area contributed by atoms with Crippen LogP contribution in [0.4, 0.5) is 11.4 Å². The summed E-state index contributed by atoms with van der Waals surface area (Å²) in [6.45, 7) is 1.99. The average Bonchev–Trinajstić information content (AvgIpc) is 3.17. The third-order valence-corrected chi connectivity index (χ3v) is 4.42. The number of nitro benzene ring substituents is 1. The summed E-state index contributed by atoms with van der Waals surface area (Å²) in [4.78, 5) is 22.8. The van der Waals surface area contributed by atoms with Crippen LogP contribution in [0, 0.1) is 17.0 Å². The molecule has 3 rings (SSSR count). The van der Waals surface area contributed by atoms with Crippen molar-refractivity contribution >= 4 is 28.9 Å². The second-order valence-electron chi connectivity index (χ2n) is 6.10. The van der Waals surface area contributed by atoms with Crippen molar-refractivity contribution in [2.24, 2.45) is 0 Å². The number of aryl methyl sites for hydroxylation is 1. The number of nitrogens with one attached hydrogen (secondary N) is 1. The Morgan fingerprint density at radius 3 is 2.66 bits per heavy atom. The van der Waals surface area contributed by atoms with Gasteiger partial charge in [0.1, 0.15) is 23.9 Å². The Morgan fingerprint density at radius 2 is 1.97 bits per heavy atom. The van der Waals surface area contributed by atoms with Gasteiger partial charge in [-0.25, -0.2) is 0 Å². The molecule has 0 unspecified atom stereocenters. The predicted molar refractivity (Wildman–Crippen MR) is 107 cm³/mol. The molecule has 0 aliphatic rings. The minimum Gasteiger partial charge on any atom is -0.496 e. The van der Waals surface area contributed by atoms with Gasteiger partial charge in [0, 0.05) is 17.2 Å². The molecule has 0 saturated carbocycles. The fourth-order valence-corrected chi connectivity index (χ4v) is 2.63. The summed E-state index contributed by atoms with van der Waals surface area (Å²) in [6.07, 6.45) is 0. The number of carbonyl (C=O) groups excluding carboxylic acids is 1. The molecule has 150 valence electrons.